The molecule has 118 valence electrons. The number of H-pyrrole nitrogens is 1. The van der Waals surface area contributed by atoms with Crippen LogP contribution in [0.5, 0.6) is 0 Å². The average Bonchev–Trinajstić information content (AvgIpc) is 2.48. The van der Waals surface area contributed by atoms with Crippen LogP contribution in [0.3, 0.4) is 0 Å². The van der Waals surface area contributed by atoms with Crippen LogP contribution in [0.4, 0.5) is 0 Å². The van der Waals surface area contributed by atoms with Crippen molar-refractivity contribution in [1.29, 1.82) is 0 Å². The van der Waals surface area contributed by atoms with Crippen LogP contribution in [-0.4, -0.2) is 24.2 Å². The zero-order valence-corrected chi connectivity index (χ0v) is 13.1. The highest BCUT2D eigenvalue weighted by Crippen LogP contribution is 2.29. The molecule has 0 saturated heterocycles. The Bertz CT molecular complexity index is 934. The SMILES string of the molecule is CS(=O)(=O)c1ccc2c(c1)[nH]c(=O)c(=O)n2C1CCCCC1. The van der Waals surface area contributed by atoms with E-state index in [1.54, 1.807) is 10.6 Å². The highest BCUT2D eigenvalue weighted by atomic mass is 32.2. The standard InChI is InChI=1S/C15H18N2O4S/c1-22(20,21)11-7-8-13-12(9-11)16-14(18)15(19)17(13)10-5-3-2-4-6-10/h7-10H,2-6H2,1H3,(H,16,18). The fourth-order valence-electron chi connectivity index (χ4n) is 3.15. The lowest BCUT2D eigenvalue weighted by Crippen LogP contribution is -2.38. The van der Waals surface area contributed by atoms with Gasteiger partial charge in [-0.05, 0) is 31.0 Å². The van der Waals surface area contributed by atoms with E-state index in [0.29, 0.717) is 11.0 Å². The molecule has 1 aliphatic rings. The van der Waals surface area contributed by atoms with Crippen LogP contribution in [-0.2, 0) is 9.84 Å². The van der Waals surface area contributed by atoms with Gasteiger partial charge in [-0.2, -0.15) is 0 Å². The summed E-state index contributed by atoms with van der Waals surface area (Å²) in [7, 11) is -3.36. The van der Waals surface area contributed by atoms with E-state index >= 15 is 0 Å². The van der Waals surface area contributed by atoms with Gasteiger partial charge in [0.15, 0.2) is 9.84 Å². The Balaban J connectivity index is 2.29. The largest absolute Gasteiger partial charge is 0.316 e. The first kappa shape index (κ1) is 15.0. The van der Waals surface area contributed by atoms with E-state index in [0.717, 1.165) is 38.4 Å². The number of benzene rings is 1. The zero-order valence-electron chi connectivity index (χ0n) is 12.3. The van der Waals surface area contributed by atoms with Crippen molar-refractivity contribution >= 4 is 20.9 Å². The van der Waals surface area contributed by atoms with Crippen molar-refractivity contribution in [2.45, 2.75) is 43.0 Å². The number of aromatic nitrogens is 2. The lowest BCUT2D eigenvalue weighted by atomic mass is 9.95. The second-order valence-corrected chi connectivity index (χ2v) is 7.89. The Morgan fingerprint density at radius 2 is 1.82 bits per heavy atom. The third kappa shape index (κ3) is 2.61. The molecule has 3 rings (SSSR count). The van der Waals surface area contributed by atoms with Gasteiger partial charge in [-0.1, -0.05) is 19.3 Å². The molecule has 0 atom stereocenters. The summed E-state index contributed by atoms with van der Waals surface area (Å²) in [6.45, 7) is 0. The predicted molar refractivity (Wildman–Crippen MR) is 84.1 cm³/mol. The van der Waals surface area contributed by atoms with Crippen molar-refractivity contribution in [3.05, 3.63) is 38.9 Å². The van der Waals surface area contributed by atoms with Crippen molar-refractivity contribution < 1.29 is 8.42 Å². The topological polar surface area (TPSA) is 89.0 Å². The first-order valence-electron chi connectivity index (χ1n) is 7.36. The second kappa shape index (κ2) is 5.39. The summed E-state index contributed by atoms with van der Waals surface area (Å²) in [5.74, 6) is 0. The number of rotatable bonds is 2. The van der Waals surface area contributed by atoms with Crippen molar-refractivity contribution in [2.24, 2.45) is 0 Å². The number of hydrogen-bond acceptors (Lipinski definition) is 4. The summed E-state index contributed by atoms with van der Waals surface area (Å²) >= 11 is 0. The van der Waals surface area contributed by atoms with Gasteiger partial charge in [0.1, 0.15) is 0 Å². The Labute approximate surface area is 127 Å². The molecule has 7 heteroatoms. The highest BCUT2D eigenvalue weighted by molar-refractivity contribution is 7.90. The molecular formula is C15H18N2O4S. The molecule has 0 unspecified atom stereocenters. The Hall–Kier alpha value is -1.89. The summed E-state index contributed by atoms with van der Waals surface area (Å²) < 4.78 is 24.9. The number of sulfone groups is 1. The molecule has 22 heavy (non-hydrogen) atoms. The molecule has 0 aliphatic heterocycles. The van der Waals surface area contributed by atoms with Crippen LogP contribution in [0.15, 0.2) is 32.7 Å². The summed E-state index contributed by atoms with van der Waals surface area (Å²) in [6.07, 6.45) is 6.06. The number of nitrogens with zero attached hydrogens (tertiary/aromatic N) is 1. The van der Waals surface area contributed by atoms with Crippen LogP contribution >= 0.6 is 0 Å². The van der Waals surface area contributed by atoms with Crippen LogP contribution in [0.2, 0.25) is 0 Å². The lowest BCUT2D eigenvalue weighted by molar-refractivity contribution is 0.352. The Kier molecular flexibility index (Phi) is 3.68. The molecule has 1 aromatic heterocycles. The molecule has 0 radical (unpaired) electrons. The Morgan fingerprint density at radius 1 is 1.14 bits per heavy atom. The molecule has 6 nitrogen and oxygen atoms in total. The van der Waals surface area contributed by atoms with Gasteiger partial charge in [0.2, 0.25) is 0 Å². The maximum atomic E-state index is 12.3. The van der Waals surface area contributed by atoms with Crippen LogP contribution in [0, 0.1) is 0 Å². The molecular weight excluding hydrogens is 304 g/mol. The maximum Gasteiger partial charge on any atom is 0.316 e. The maximum absolute atomic E-state index is 12.3. The minimum Gasteiger partial charge on any atom is -0.316 e. The normalized spacial score (nSPS) is 17.0. The number of hydrogen-bond donors (Lipinski definition) is 1. The first-order chi connectivity index (χ1) is 10.4. The minimum absolute atomic E-state index is 0.00938. The summed E-state index contributed by atoms with van der Waals surface area (Å²) in [5, 5.41) is 0. The van der Waals surface area contributed by atoms with Crippen LogP contribution in [0.25, 0.3) is 11.0 Å². The van der Waals surface area contributed by atoms with E-state index in [-0.39, 0.29) is 10.9 Å². The lowest BCUT2D eigenvalue weighted by Gasteiger charge is -2.25. The summed E-state index contributed by atoms with van der Waals surface area (Å²) in [5.41, 5.74) is -0.294. The van der Waals surface area contributed by atoms with E-state index in [9.17, 15) is 18.0 Å². The minimum atomic E-state index is -3.36. The molecule has 1 aliphatic carbocycles. The molecule has 0 spiro atoms. The quantitative estimate of drug-likeness (QED) is 0.851. The average molecular weight is 322 g/mol. The van der Waals surface area contributed by atoms with Crippen LogP contribution in [0.1, 0.15) is 38.1 Å². The van der Waals surface area contributed by atoms with E-state index in [2.05, 4.69) is 4.98 Å². The van der Waals surface area contributed by atoms with Gasteiger partial charge in [0.05, 0.1) is 15.9 Å². The molecule has 2 aromatic rings. The van der Waals surface area contributed by atoms with Gasteiger partial charge >= 0.3 is 11.1 Å². The third-order valence-corrected chi connectivity index (χ3v) is 5.37. The monoisotopic (exact) mass is 322 g/mol. The number of fused-ring (bicyclic) bond motifs is 1. The van der Waals surface area contributed by atoms with E-state index in [1.807, 2.05) is 0 Å². The zero-order chi connectivity index (χ0) is 15.9. The molecule has 1 aromatic carbocycles. The fourth-order valence-corrected chi connectivity index (χ4v) is 3.80. The third-order valence-electron chi connectivity index (χ3n) is 4.26. The molecule has 0 amide bonds. The molecule has 1 heterocycles. The fraction of sp³-hybridized carbons (Fsp3) is 0.467. The predicted octanol–water partition coefficient (Wildman–Crippen LogP) is 1.60. The molecule has 1 fully saturated rings. The van der Waals surface area contributed by atoms with Crippen LogP contribution < -0.4 is 11.1 Å². The summed E-state index contributed by atoms with van der Waals surface area (Å²) in [6, 6.07) is 4.52. The van der Waals surface area contributed by atoms with Gasteiger partial charge in [-0.3, -0.25) is 14.2 Å². The van der Waals surface area contributed by atoms with Crippen molar-refractivity contribution in [3.8, 4) is 0 Å². The molecule has 1 N–H and O–H groups in total. The van der Waals surface area contributed by atoms with E-state index in [4.69, 9.17) is 0 Å². The van der Waals surface area contributed by atoms with Gasteiger partial charge in [0.25, 0.3) is 0 Å². The summed E-state index contributed by atoms with van der Waals surface area (Å²) in [4.78, 5) is 26.8. The number of aromatic amines is 1. The van der Waals surface area contributed by atoms with Gasteiger partial charge in [0, 0.05) is 12.3 Å². The van der Waals surface area contributed by atoms with Gasteiger partial charge in [-0.25, -0.2) is 8.42 Å². The highest BCUT2D eigenvalue weighted by Gasteiger charge is 2.20. The second-order valence-electron chi connectivity index (χ2n) is 5.87. The van der Waals surface area contributed by atoms with Gasteiger partial charge < -0.3 is 4.98 Å². The van der Waals surface area contributed by atoms with E-state index < -0.39 is 21.0 Å². The first-order valence-corrected chi connectivity index (χ1v) is 9.26. The molecule has 0 bridgehead atoms. The number of nitrogens with one attached hydrogen (secondary N) is 1. The Morgan fingerprint density at radius 3 is 2.45 bits per heavy atom. The smallest absolute Gasteiger partial charge is 0.316 e. The van der Waals surface area contributed by atoms with Crippen molar-refractivity contribution in [2.75, 3.05) is 6.26 Å². The molecule has 1 saturated carbocycles. The van der Waals surface area contributed by atoms with Gasteiger partial charge in [-0.15, -0.1) is 0 Å². The van der Waals surface area contributed by atoms with Crippen molar-refractivity contribution in [3.63, 3.8) is 0 Å². The van der Waals surface area contributed by atoms with Crippen molar-refractivity contribution in [1.82, 2.24) is 9.55 Å². The van der Waals surface area contributed by atoms with E-state index in [1.165, 1.54) is 12.1 Å².